The zero-order valence-corrected chi connectivity index (χ0v) is 14.5. The van der Waals surface area contributed by atoms with Gasteiger partial charge in [-0.2, -0.15) is 0 Å². The highest BCUT2D eigenvalue weighted by Crippen LogP contribution is 2.43. The van der Waals surface area contributed by atoms with Crippen LogP contribution < -0.4 is 5.32 Å². The summed E-state index contributed by atoms with van der Waals surface area (Å²) in [6.07, 6.45) is 8.31. The van der Waals surface area contributed by atoms with Gasteiger partial charge in [-0.1, -0.05) is 47.5 Å². The van der Waals surface area contributed by atoms with Gasteiger partial charge in [-0.25, -0.2) is 0 Å². The van der Waals surface area contributed by atoms with Crippen LogP contribution in [0.3, 0.4) is 0 Å². The van der Waals surface area contributed by atoms with Crippen LogP contribution >= 0.6 is 0 Å². The molecule has 0 radical (unpaired) electrons. The first-order chi connectivity index (χ1) is 9.48. The second-order valence-electron chi connectivity index (χ2n) is 7.87. The number of nitrogens with zero attached hydrogens (tertiary/aromatic N) is 1. The zero-order valence-electron chi connectivity index (χ0n) is 14.5. The summed E-state index contributed by atoms with van der Waals surface area (Å²) < 4.78 is 0. The van der Waals surface area contributed by atoms with Crippen molar-refractivity contribution in [1.82, 2.24) is 10.2 Å². The van der Waals surface area contributed by atoms with Gasteiger partial charge < -0.3 is 5.32 Å². The van der Waals surface area contributed by atoms with Crippen LogP contribution in [0.4, 0.5) is 0 Å². The Morgan fingerprint density at radius 1 is 1.00 bits per heavy atom. The van der Waals surface area contributed by atoms with Crippen molar-refractivity contribution in [1.29, 1.82) is 0 Å². The van der Waals surface area contributed by atoms with Gasteiger partial charge in [0, 0.05) is 12.1 Å². The minimum atomic E-state index is 0.463. The van der Waals surface area contributed by atoms with E-state index in [9.17, 15) is 0 Å². The minimum Gasteiger partial charge on any atom is -0.312 e. The molecular weight excluding hydrogens is 244 g/mol. The smallest absolute Gasteiger partial charge is 0.0274 e. The van der Waals surface area contributed by atoms with Gasteiger partial charge >= 0.3 is 0 Å². The molecule has 2 rings (SSSR count). The van der Waals surface area contributed by atoms with Gasteiger partial charge in [-0.3, -0.25) is 4.90 Å². The number of nitrogens with one attached hydrogen (secondary N) is 1. The molecule has 1 N–H and O–H groups in total. The van der Waals surface area contributed by atoms with Gasteiger partial charge in [0.1, 0.15) is 0 Å². The minimum absolute atomic E-state index is 0.463. The SMILES string of the molecule is CCNC1C(N2CCC(CC)(CC)CC2)CCC1(C)C. The van der Waals surface area contributed by atoms with E-state index < -0.39 is 0 Å². The lowest BCUT2D eigenvalue weighted by molar-refractivity contribution is 0.0520. The number of likely N-dealkylation sites (tertiary alicyclic amines) is 1. The fourth-order valence-corrected chi connectivity index (χ4v) is 4.68. The molecule has 2 heteroatoms. The summed E-state index contributed by atoms with van der Waals surface area (Å²) in [6, 6.07) is 1.46. The summed E-state index contributed by atoms with van der Waals surface area (Å²) in [5.74, 6) is 0. The Morgan fingerprint density at radius 3 is 2.10 bits per heavy atom. The van der Waals surface area contributed by atoms with Gasteiger partial charge in [-0.15, -0.1) is 0 Å². The highest BCUT2D eigenvalue weighted by Gasteiger charge is 2.45. The topological polar surface area (TPSA) is 15.3 Å². The lowest BCUT2D eigenvalue weighted by Crippen LogP contribution is -2.54. The van der Waals surface area contributed by atoms with E-state index >= 15 is 0 Å². The molecule has 1 saturated heterocycles. The number of hydrogen-bond donors (Lipinski definition) is 1. The van der Waals surface area contributed by atoms with Crippen molar-refractivity contribution in [3.63, 3.8) is 0 Å². The molecule has 2 fully saturated rings. The predicted molar refractivity (Wildman–Crippen MR) is 88.1 cm³/mol. The predicted octanol–water partition coefficient (Wildman–Crippen LogP) is 4.06. The second kappa shape index (κ2) is 6.36. The second-order valence-corrected chi connectivity index (χ2v) is 7.87. The molecule has 1 aliphatic heterocycles. The monoisotopic (exact) mass is 280 g/mol. The van der Waals surface area contributed by atoms with E-state index in [0.717, 1.165) is 12.6 Å². The average molecular weight is 280 g/mol. The lowest BCUT2D eigenvalue weighted by Gasteiger charge is -2.45. The summed E-state index contributed by atoms with van der Waals surface area (Å²) in [7, 11) is 0. The fourth-order valence-electron chi connectivity index (χ4n) is 4.68. The van der Waals surface area contributed by atoms with Gasteiger partial charge in [0.15, 0.2) is 0 Å². The first kappa shape index (κ1) is 16.3. The maximum atomic E-state index is 3.79. The van der Waals surface area contributed by atoms with E-state index in [1.165, 1.54) is 51.6 Å². The van der Waals surface area contributed by atoms with Crippen molar-refractivity contribution in [2.75, 3.05) is 19.6 Å². The molecule has 2 unspecified atom stereocenters. The molecule has 2 aliphatic rings. The van der Waals surface area contributed by atoms with Gasteiger partial charge in [0.05, 0.1) is 0 Å². The first-order valence-corrected chi connectivity index (χ1v) is 8.95. The molecule has 118 valence electrons. The van der Waals surface area contributed by atoms with E-state index in [0.29, 0.717) is 16.9 Å². The maximum Gasteiger partial charge on any atom is 0.0274 e. The molecule has 0 bridgehead atoms. The Hall–Kier alpha value is -0.0800. The molecule has 0 aromatic carbocycles. The van der Waals surface area contributed by atoms with E-state index in [-0.39, 0.29) is 0 Å². The third kappa shape index (κ3) is 3.06. The van der Waals surface area contributed by atoms with Crippen molar-refractivity contribution >= 4 is 0 Å². The van der Waals surface area contributed by atoms with Crippen LogP contribution in [-0.4, -0.2) is 36.6 Å². The van der Waals surface area contributed by atoms with Crippen molar-refractivity contribution in [2.24, 2.45) is 10.8 Å². The standard InChI is InChI=1S/C18H36N2/c1-6-18(7-2)11-13-20(14-12-18)15-9-10-17(4,5)16(15)19-8-3/h15-16,19H,6-14H2,1-5H3. The summed E-state index contributed by atoms with van der Waals surface area (Å²) in [5, 5.41) is 3.79. The average Bonchev–Trinajstić information content (AvgIpc) is 2.75. The Morgan fingerprint density at radius 2 is 1.60 bits per heavy atom. The van der Waals surface area contributed by atoms with E-state index in [1.807, 2.05) is 0 Å². The van der Waals surface area contributed by atoms with Crippen molar-refractivity contribution in [3.8, 4) is 0 Å². The summed E-state index contributed by atoms with van der Waals surface area (Å²) >= 11 is 0. The Bertz CT molecular complexity index is 297. The van der Waals surface area contributed by atoms with Crippen molar-refractivity contribution in [3.05, 3.63) is 0 Å². The molecular formula is C18H36N2. The van der Waals surface area contributed by atoms with Crippen LogP contribution in [0.15, 0.2) is 0 Å². The fraction of sp³-hybridized carbons (Fsp3) is 1.00. The highest BCUT2D eigenvalue weighted by atomic mass is 15.2. The van der Waals surface area contributed by atoms with Crippen LogP contribution in [0.5, 0.6) is 0 Å². The lowest BCUT2D eigenvalue weighted by atomic mass is 9.73. The maximum absolute atomic E-state index is 3.79. The van der Waals surface area contributed by atoms with E-state index in [4.69, 9.17) is 0 Å². The Balaban J connectivity index is 1.99. The molecule has 0 amide bonds. The summed E-state index contributed by atoms with van der Waals surface area (Å²) in [5.41, 5.74) is 1.11. The molecule has 1 heterocycles. The molecule has 20 heavy (non-hydrogen) atoms. The number of piperidine rings is 1. The number of rotatable bonds is 5. The quantitative estimate of drug-likeness (QED) is 0.817. The van der Waals surface area contributed by atoms with E-state index in [1.54, 1.807) is 0 Å². The molecule has 1 aliphatic carbocycles. The normalized spacial score (nSPS) is 33.5. The van der Waals surface area contributed by atoms with Crippen LogP contribution in [0.2, 0.25) is 0 Å². The van der Waals surface area contributed by atoms with Crippen LogP contribution in [-0.2, 0) is 0 Å². The molecule has 0 aromatic heterocycles. The van der Waals surface area contributed by atoms with Crippen molar-refractivity contribution < 1.29 is 0 Å². The van der Waals surface area contributed by atoms with Gasteiger partial charge in [-0.05, 0) is 56.1 Å². The van der Waals surface area contributed by atoms with Crippen LogP contribution in [0, 0.1) is 10.8 Å². The summed E-state index contributed by atoms with van der Waals surface area (Å²) in [4.78, 5) is 2.81. The number of hydrogen-bond acceptors (Lipinski definition) is 2. The van der Waals surface area contributed by atoms with Gasteiger partial charge in [0.2, 0.25) is 0 Å². The van der Waals surface area contributed by atoms with Crippen molar-refractivity contribution in [2.45, 2.75) is 85.2 Å². The third-order valence-electron chi connectivity index (χ3n) is 6.56. The largest absolute Gasteiger partial charge is 0.312 e. The Kier molecular flexibility index (Phi) is 5.18. The van der Waals surface area contributed by atoms with Crippen LogP contribution in [0.1, 0.15) is 73.1 Å². The van der Waals surface area contributed by atoms with E-state index in [2.05, 4.69) is 44.8 Å². The molecule has 2 atom stereocenters. The highest BCUT2D eigenvalue weighted by molar-refractivity contribution is 5.02. The zero-order chi connectivity index (χ0) is 14.8. The molecule has 0 spiro atoms. The number of likely N-dealkylation sites (N-methyl/N-ethyl adjacent to an activating group) is 1. The third-order valence-corrected chi connectivity index (χ3v) is 6.56. The Labute approximate surface area is 126 Å². The van der Waals surface area contributed by atoms with Crippen LogP contribution in [0.25, 0.3) is 0 Å². The molecule has 1 saturated carbocycles. The molecule has 2 nitrogen and oxygen atoms in total. The molecule has 0 aromatic rings. The summed E-state index contributed by atoms with van der Waals surface area (Å²) in [6.45, 7) is 15.7. The van der Waals surface area contributed by atoms with Gasteiger partial charge in [0.25, 0.3) is 0 Å². The first-order valence-electron chi connectivity index (χ1n) is 8.95.